The molecule has 1 aromatic carbocycles. The molecule has 2 nitrogen and oxygen atoms in total. The van der Waals surface area contributed by atoms with Gasteiger partial charge >= 0.3 is 0 Å². The number of hydrogen-bond acceptors (Lipinski definition) is 3. The molecule has 1 aromatic rings. The fourth-order valence-corrected chi connectivity index (χ4v) is 2.82. The Bertz CT molecular complexity index is 341. The van der Waals surface area contributed by atoms with Gasteiger partial charge in [-0.2, -0.15) is 11.8 Å². The Balaban J connectivity index is 2.66. The molecule has 1 N–H and O–H groups in total. The van der Waals surface area contributed by atoms with Gasteiger partial charge in [-0.25, -0.2) is 0 Å². The SMILES string of the molecule is CCCSCC(NC)c1cccc(OC(C)C)c1. The van der Waals surface area contributed by atoms with Crippen molar-refractivity contribution in [2.24, 2.45) is 0 Å². The molecule has 0 radical (unpaired) electrons. The first kappa shape index (κ1) is 15.4. The minimum absolute atomic E-state index is 0.225. The molecule has 18 heavy (non-hydrogen) atoms. The van der Waals surface area contributed by atoms with Crippen LogP contribution in [0.4, 0.5) is 0 Å². The van der Waals surface area contributed by atoms with E-state index in [9.17, 15) is 0 Å². The number of hydrogen-bond donors (Lipinski definition) is 1. The molecule has 0 aliphatic carbocycles. The topological polar surface area (TPSA) is 21.3 Å². The standard InChI is InChI=1S/C15H25NOS/c1-5-9-18-11-15(16-4)13-7-6-8-14(10-13)17-12(2)3/h6-8,10,12,15-16H,5,9,11H2,1-4H3. The van der Waals surface area contributed by atoms with Gasteiger partial charge in [-0.15, -0.1) is 0 Å². The quantitative estimate of drug-likeness (QED) is 0.722. The highest BCUT2D eigenvalue weighted by Crippen LogP contribution is 2.23. The summed E-state index contributed by atoms with van der Waals surface area (Å²) in [6.07, 6.45) is 1.46. The molecule has 102 valence electrons. The monoisotopic (exact) mass is 267 g/mol. The van der Waals surface area contributed by atoms with Crippen molar-refractivity contribution in [2.75, 3.05) is 18.6 Å². The Kier molecular flexibility index (Phi) is 7.21. The van der Waals surface area contributed by atoms with E-state index in [1.807, 2.05) is 24.9 Å². The first-order valence-corrected chi connectivity index (χ1v) is 7.84. The number of ether oxygens (including phenoxy) is 1. The molecule has 0 bridgehead atoms. The van der Waals surface area contributed by atoms with Gasteiger partial charge in [0.15, 0.2) is 0 Å². The molecule has 0 saturated heterocycles. The summed E-state index contributed by atoms with van der Waals surface area (Å²) in [7, 11) is 2.02. The smallest absolute Gasteiger partial charge is 0.120 e. The van der Waals surface area contributed by atoms with E-state index in [1.54, 1.807) is 0 Å². The van der Waals surface area contributed by atoms with Gasteiger partial charge in [0.05, 0.1) is 6.10 Å². The Labute approximate surface area is 116 Å². The summed E-state index contributed by atoms with van der Waals surface area (Å²) in [5, 5.41) is 3.38. The Hall–Kier alpha value is -0.670. The molecule has 0 aromatic heterocycles. The van der Waals surface area contributed by atoms with E-state index in [4.69, 9.17) is 4.74 Å². The highest BCUT2D eigenvalue weighted by atomic mass is 32.2. The van der Waals surface area contributed by atoms with Crippen LogP contribution in [0.25, 0.3) is 0 Å². The lowest BCUT2D eigenvalue weighted by Gasteiger charge is -2.18. The van der Waals surface area contributed by atoms with Gasteiger partial charge < -0.3 is 10.1 Å². The zero-order chi connectivity index (χ0) is 13.4. The Morgan fingerprint density at radius 2 is 2.11 bits per heavy atom. The summed E-state index contributed by atoms with van der Waals surface area (Å²) in [5.41, 5.74) is 1.30. The van der Waals surface area contributed by atoms with Gasteiger partial charge in [-0.3, -0.25) is 0 Å². The predicted molar refractivity (Wildman–Crippen MR) is 81.6 cm³/mol. The maximum atomic E-state index is 5.74. The lowest BCUT2D eigenvalue weighted by Crippen LogP contribution is -2.19. The third kappa shape index (κ3) is 5.32. The van der Waals surface area contributed by atoms with Crippen LogP contribution in [0.15, 0.2) is 24.3 Å². The third-order valence-electron chi connectivity index (χ3n) is 2.61. The second kappa shape index (κ2) is 8.44. The predicted octanol–water partition coefficient (Wildman–Crippen LogP) is 3.88. The molecular weight excluding hydrogens is 242 g/mol. The van der Waals surface area contributed by atoms with Crippen molar-refractivity contribution < 1.29 is 4.74 Å². The maximum absolute atomic E-state index is 5.74. The van der Waals surface area contributed by atoms with Crippen LogP contribution in [-0.4, -0.2) is 24.7 Å². The highest BCUT2D eigenvalue weighted by molar-refractivity contribution is 7.99. The molecule has 0 amide bonds. The van der Waals surface area contributed by atoms with Gasteiger partial charge in [0.2, 0.25) is 0 Å². The zero-order valence-corrected chi connectivity index (χ0v) is 12.7. The Morgan fingerprint density at radius 3 is 2.72 bits per heavy atom. The molecule has 0 heterocycles. The van der Waals surface area contributed by atoms with Gasteiger partial charge in [0.25, 0.3) is 0 Å². The summed E-state index contributed by atoms with van der Waals surface area (Å²) < 4.78 is 5.74. The second-order valence-corrected chi connectivity index (χ2v) is 5.81. The van der Waals surface area contributed by atoms with Crippen LogP contribution in [0, 0.1) is 0 Å². The first-order chi connectivity index (χ1) is 8.67. The molecule has 0 saturated carbocycles. The van der Waals surface area contributed by atoms with Crippen molar-refractivity contribution in [3.05, 3.63) is 29.8 Å². The minimum Gasteiger partial charge on any atom is -0.491 e. The van der Waals surface area contributed by atoms with Gasteiger partial charge in [-0.1, -0.05) is 19.1 Å². The molecule has 1 unspecified atom stereocenters. The van der Waals surface area contributed by atoms with Crippen LogP contribution >= 0.6 is 11.8 Å². The van der Waals surface area contributed by atoms with E-state index >= 15 is 0 Å². The second-order valence-electron chi connectivity index (χ2n) is 4.66. The van der Waals surface area contributed by atoms with E-state index in [2.05, 4.69) is 44.3 Å². The fraction of sp³-hybridized carbons (Fsp3) is 0.600. The van der Waals surface area contributed by atoms with Crippen molar-refractivity contribution in [1.82, 2.24) is 5.32 Å². The van der Waals surface area contributed by atoms with Crippen molar-refractivity contribution >= 4 is 11.8 Å². The number of thioether (sulfide) groups is 1. The van der Waals surface area contributed by atoms with E-state index in [0.29, 0.717) is 6.04 Å². The molecule has 0 aliphatic heterocycles. The average molecular weight is 267 g/mol. The molecule has 1 rings (SSSR count). The maximum Gasteiger partial charge on any atom is 0.120 e. The van der Waals surface area contributed by atoms with Crippen molar-refractivity contribution in [2.45, 2.75) is 39.3 Å². The van der Waals surface area contributed by atoms with Crippen LogP contribution in [0.3, 0.4) is 0 Å². The zero-order valence-electron chi connectivity index (χ0n) is 11.9. The highest BCUT2D eigenvalue weighted by Gasteiger charge is 2.10. The van der Waals surface area contributed by atoms with Crippen LogP contribution in [0.1, 0.15) is 38.8 Å². The van der Waals surface area contributed by atoms with Crippen LogP contribution in [0.2, 0.25) is 0 Å². The summed E-state index contributed by atoms with van der Waals surface area (Å²) in [5.74, 6) is 3.29. The number of benzene rings is 1. The molecule has 3 heteroatoms. The summed E-state index contributed by atoms with van der Waals surface area (Å²) in [6.45, 7) is 6.33. The van der Waals surface area contributed by atoms with E-state index in [1.165, 1.54) is 17.7 Å². The van der Waals surface area contributed by atoms with E-state index in [-0.39, 0.29) is 6.10 Å². The molecule has 0 spiro atoms. The number of nitrogens with one attached hydrogen (secondary N) is 1. The molecule has 0 aliphatic rings. The molecule has 0 fully saturated rings. The summed E-state index contributed by atoms with van der Waals surface area (Å²) in [4.78, 5) is 0. The lowest BCUT2D eigenvalue weighted by molar-refractivity contribution is 0.242. The van der Waals surface area contributed by atoms with Crippen LogP contribution in [0.5, 0.6) is 5.75 Å². The normalized spacial score (nSPS) is 12.7. The van der Waals surface area contributed by atoms with Crippen molar-refractivity contribution in [1.29, 1.82) is 0 Å². The number of rotatable bonds is 8. The fourth-order valence-electron chi connectivity index (χ4n) is 1.77. The van der Waals surface area contributed by atoms with Crippen molar-refractivity contribution in [3.8, 4) is 5.75 Å². The average Bonchev–Trinajstić information content (AvgIpc) is 2.34. The van der Waals surface area contributed by atoms with Crippen LogP contribution < -0.4 is 10.1 Å². The summed E-state index contributed by atoms with van der Waals surface area (Å²) >= 11 is 2.00. The largest absolute Gasteiger partial charge is 0.491 e. The lowest BCUT2D eigenvalue weighted by atomic mass is 10.1. The molecular formula is C15H25NOS. The van der Waals surface area contributed by atoms with Gasteiger partial charge in [0.1, 0.15) is 5.75 Å². The van der Waals surface area contributed by atoms with Gasteiger partial charge in [0, 0.05) is 11.8 Å². The van der Waals surface area contributed by atoms with Crippen molar-refractivity contribution in [3.63, 3.8) is 0 Å². The third-order valence-corrected chi connectivity index (χ3v) is 3.88. The van der Waals surface area contributed by atoms with Crippen LogP contribution in [-0.2, 0) is 0 Å². The van der Waals surface area contributed by atoms with E-state index < -0.39 is 0 Å². The Morgan fingerprint density at radius 1 is 1.33 bits per heavy atom. The van der Waals surface area contributed by atoms with E-state index in [0.717, 1.165) is 11.5 Å². The molecule has 1 atom stereocenters. The summed E-state index contributed by atoms with van der Waals surface area (Å²) in [6, 6.07) is 8.81. The first-order valence-electron chi connectivity index (χ1n) is 6.69. The minimum atomic E-state index is 0.225. The van der Waals surface area contributed by atoms with Gasteiger partial charge in [-0.05, 0) is 50.8 Å².